The van der Waals surface area contributed by atoms with E-state index in [1.54, 1.807) is 0 Å². The van der Waals surface area contributed by atoms with E-state index in [1.165, 1.54) is 141 Å². The number of unbranched alkanes of at least 4 members (excludes halogenated alkanes) is 20. The van der Waals surface area contributed by atoms with Crippen LogP contribution in [-0.2, 0) is 19.0 Å². The van der Waals surface area contributed by atoms with E-state index < -0.39 is 0 Å². The molecular weight excluding hydrogens is 733 g/mol. The first-order valence-electron chi connectivity index (χ1n) is 25.9. The fourth-order valence-electron chi connectivity index (χ4n) is 9.02. The molecule has 59 heavy (non-hydrogen) atoms. The van der Waals surface area contributed by atoms with Crippen LogP contribution in [0.2, 0.25) is 0 Å². The average molecular weight is 833 g/mol. The number of esters is 1. The molecular formula is C52H100N2O5. The van der Waals surface area contributed by atoms with Crippen molar-refractivity contribution in [3.8, 4) is 0 Å². The Kier molecular flexibility index (Phi) is 35.5. The molecule has 0 aromatic heterocycles. The van der Waals surface area contributed by atoms with Gasteiger partial charge in [0, 0.05) is 26.1 Å². The van der Waals surface area contributed by atoms with Gasteiger partial charge in [0.15, 0.2) is 0 Å². The zero-order valence-electron chi connectivity index (χ0n) is 40.4. The lowest BCUT2D eigenvalue weighted by atomic mass is 9.72. The molecule has 1 aliphatic heterocycles. The number of ether oxygens (including phenoxy) is 3. The van der Waals surface area contributed by atoms with E-state index in [0.29, 0.717) is 32.5 Å². The van der Waals surface area contributed by atoms with E-state index >= 15 is 0 Å². The Morgan fingerprint density at radius 1 is 0.542 bits per heavy atom. The summed E-state index contributed by atoms with van der Waals surface area (Å²) in [6, 6.07) is 0. The number of hydrogen-bond acceptors (Lipinski definition) is 6. The van der Waals surface area contributed by atoms with Crippen LogP contribution in [0.1, 0.15) is 253 Å². The van der Waals surface area contributed by atoms with Crippen molar-refractivity contribution in [2.24, 2.45) is 5.41 Å². The molecule has 1 amide bonds. The smallest absolute Gasteiger partial charge is 0.409 e. The summed E-state index contributed by atoms with van der Waals surface area (Å²) in [5.74, 6) is 0.728. The predicted molar refractivity (Wildman–Crippen MR) is 252 cm³/mol. The molecule has 1 rings (SSSR count). The second-order valence-corrected chi connectivity index (χ2v) is 18.5. The lowest BCUT2D eigenvalue weighted by Gasteiger charge is -2.41. The Balaban J connectivity index is 3.05. The SMILES string of the molecule is C=C(CC1(CC(=O)OC(CCCCCCCC)CCCCCCCC)CCN(C(=O)OCCCN(CC)CC)CC1)OC(CCCCCCCC)CCCCCCCC. The Morgan fingerprint density at radius 3 is 1.34 bits per heavy atom. The Bertz CT molecular complexity index is 906. The van der Waals surface area contributed by atoms with E-state index in [1.807, 2.05) is 4.90 Å². The third-order valence-corrected chi connectivity index (χ3v) is 13.1. The predicted octanol–water partition coefficient (Wildman–Crippen LogP) is 15.5. The molecule has 1 aliphatic rings. The van der Waals surface area contributed by atoms with Crippen LogP contribution < -0.4 is 0 Å². The molecule has 348 valence electrons. The monoisotopic (exact) mass is 833 g/mol. The average Bonchev–Trinajstić information content (AvgIpc) is 3.22. The highest BCUT2D eigenvalue weighted by Crippen LogP contribution is 2.42. The van der Waals surface area contributed by atoms with Crippen molar-refractivity contribution in [1.82, 2.24) is 9.80 Å². The first-order chi connectivity index (χ1) is 28.8. The van der Waals surface area contributed by atoms with Gasteiger partial charge in [-0.2, -0.15) is 0 Å². The molecule has 1 saturated heterocycles. The third-order valence-electron chi connectivity index (χ3n) is 13.1. The quantitative estimate of drug-likeness (QED) is 0.0347. The molecule has 0 radical (unpaired) electrons. The molecule has 1 heterocycles. The number of carbonyl (C=O) groups is 2. The largest absolute Gasteiger partial charge is 0.495 e. The van der Waals surface area contributed by atoms with Crippen molar-refractivity contribution >= 4 is 12.1 Å². The lowest BCUT2D eigenvalue weighted by Crippen LogP contribution is -2.45. The summed E-state index contributed by atoms with van der Waals surface area (Å²) in [6.45, 7) is 22.5. The molecule has 7 heteroatoms. The fourth-order valence-corrected chi connectivity index (χ4v) is 9.02. The molecule has 0 saturated carbocycles. The Hall–Kier alpha value is -1.76. The van der Waals surface area contributed by atoms with Crippen molar-refractivity contribution in [3.63, 3.8) is 0 Å². The molecule has 0 aromatic rings. The number of piperidine rings is 1. The van der Waals surface area contributed by atoms with Crippen LogP contribution in [0.5, 0.6) is 0 Å². The highest BCUT2D eigenvalue weighted by Gasteiger charge is 2.40. The second kappa shape index (κ2) is 38.0. The molecule has 0 aromatic carbocycles. The second-order valence-electron chi connectivity index (χ2n) is 18.5. The molecule has 0 atom stereocenters. The molecule has 0 aliphatic carbocycles. The number of allylic oxidation sites excluding steroid dienone is 1. The first-order valence-corrected chi connectivity index (χ1v) is 25.9. The van der Waals surface area contributed by atoms with Crippen LogP contribution in [0, 0.1) is 5.41 Å². The fraction of sp³-hybridized carbons (Fsp3) is 0.923. The maximum atomic E-state index is 14.1. The van der Waals surface area contributed by atoms with E-state index in [4.69, 9.17) is 14.2 Å². The van der Waals surface area contributed by atoms with E-state index in [-0.39, 0.29) is 29.7 Å². The van der Waals surface area contributed by atoms with Crippen LogP contribution in [0.25, 0.3) is 0 Å². The van der Waals surface area contributed by atoms with Crippen molar-refractivity contribution in [2.75, 3.05) is 39.3 Å². The minimum atomic E-state index is -0.344. The van der Waals surface area contributed by atoms with Gasteiger partial charge < -0.3 is 24.0 Å². The summed E-state index contributed by atoms with van der Waals surface area (Å²) in [4.78, 5) is 31.5. The van der Waals surface area contributed by atoms with Crippen LogP contribution in [0.4, 0.5) is 4.79 Å². The minimum absolute atomic E-state index is 0.0122. The molecule has 7 nitrogen and oxygen atoms in total. The normalized spacial score (nSPS) is 14.1. The maximum absolute atomic E-state index is 14.1. The summed E-state index contributed by atoms with van der Waals surface area (Å²) in [6.07, 6.45) is 37.5. The highest BCUT2D eigenvalue weighted by atomic mass is 16.6. The molecule has 1 fully saturated rings. The van der Waals surface area contributed by atoms with Gasteiger partial charge in [-0.25, -0.2) is 4.79 Å². The van der Waals surface area contributed by atoms with Crippen molar-refractivity contribution in [3.05, 3.63) is 12.3 Å². The minimum Gasteiger partial charge on any atom is -0.495 e. The van der Waals surface area contributed by atoms with Crippen molar-refractivity contribution in [2.45, 2.75) is 266 Å². The van der Waals surface area contributed by atoms with E-state index in [2.05, 4.69) is 53.0 Å². The van der Waals surface area contributed by atoms with Gasteiger partial charge in [0.1, 0.15) is 6.10 Å². The van der Waals surface area contributed by atoms with Gasteiger partial charge in [-0.15, -0.1) is 0 Å². The molecule has 0 bridgehead atoms. The van der Waals surface area contributed by atoms with Gasteiger partial charge in [-0.3, -0.25) is 4.79 Å². The number of nitrogens with zero attached hydrogens (tertiary/aromatic N) is 2. The van der Waals surface area contributed by atoms with Gasteiger partial charge in [0.25, 0.3) is 0 Å². The van der Waals surface area contributed by atoms with Crippen LogP contribution in [-0.4, -0.2) is 73.4 Å². The summed E-state index contributed by atoms with van der Waals surface area (Å²) >= 11 is 0. The first kappa shape index (κ1) is 55.3. The van der Waals surface area contributed by atoms with Gasteiger partial charge in [-0.1, -0.05) is 177 Å². The van der Waals surface area contributed by atoms with Crippen molar-refractivity contribution in [1.29, 1.82) is 0 Å². The Labute approximate surface area is 367 Å². The molecule has 0 N–H and O–H groups in total. The van der Waals surface area contributed by atoms with Crippen LogP contribution in [0.3, 0.4) is 0 Å². The zero-order chi connectivity index (χ0) is 43.2. The number of hydrogen-bond donors (Lipinski definition) is 0. The highest BCUT2D eigenvalue weighted by molar-refractivity contribution is 5.71. The summed E-state index contributed by atoms with van der Waals surface area (Å²) in [7, 11) is 0. The third kappa shape index (κ3) is 29.2. The number of amides is 1. The standard InChI is InChI=1S/C52H100N2O5/c1-8-14-18-22-26-30-35-48(36-31-27-23-19-15-9-2)58-47(7)45-52(39-42-54(43-40-52)51(56)57-44-34-41-53(12-5)13-6)46-50(55)59-49(37-32-28-24-20-16-10-3)38-33-29-25-21-17-11-4/h48-49H,7-46H2,1-6H3. The van der Waals surface area contributed by atoms with Crippen LogP contribution in [0.15, 0.2) is 12.3 Å². The van der Waals surface area contributed by atoms with E-state index in [0.717, 1.165) is 83.2 Å². The summed E-state index contributed by atoms with van der Waals surface area (Å²) in [5.41, 5.74) is -0.344. The topological polar surface area (TPSA) is 68.3 Å². The summed E-state index contributed by atoms with van der Waals surface area (Å²) in [5, 5.41) is 0. The van der Waals surface area contributed by atoms with E-state index in [9.17, 15) is 9.59 Å². The number of rotatable bonds is 41. The van der Waals surface area contributed by atoms with Crippen molar-refractivity contribution < 1.29 is 23.8 Å². The molecule has 0 unspecified atom stereocenters. The maximum Gasteiger partial charge on any atom is 0.409 e. The van der Waals surface area contributed by atoms with Crippen LogP contribution >= 0.6 is 0 Å². The van der Waals surface area contributed by atoms with Gasteiger partial charge in [0.2, 0.25) is 0 Å². The zero-order valence-corrected chi connectivity index (χ0v) is 40.4. The lowest BCUT2D eigenvalue weighted by molar-refractivity contribution is -0.153. The Morgan fingerprint density at radius 2 is 0.932 bits per heavy atom. The van der Waals surface area contributed by atoms with Gasteiger partial charge in [-0.05, 0) is 89.1 Å². The number of likely N-dealkylation sites (tertiary alicyclic amines) is 1. The van der Waals surface area contributed by atoms with Gasteiger partial charge in [0.05, 0.1) is 24.9 Å². The van der Waals surface area contributed by atoms with Gasteiger partial charge >= 0.3 is 12.1 Å². The molecule has 0 spiro atoms. The summed E-state index contributed by atoms with van der Waals surface area (Å²) < 4.78 is 19.0. The number of carbonyl (C=O) groups excluding carboxylic acids is 2.